The van der Waals surface area contributed by atoms with Crippen LogP contribution >= 0.6 is 0 Å². The molecule has 2 aromatic carbocycles. The van der Waals surface area contributed by atoms with Gasteiger partial charge in [0.25, 0.3) is 5.91 Å². The van der Waals surface area contributed by atoms with Gasteiger partial charge >= 0.3 is 0 Å². The summed E-state index contributed by atoms with van der Waals surface area (Å²) in [6.45, 7) is 4.68. The van der Waals surface area contributed by atoms with E-state index in [1.54, 1.807) is 6.21 Å². The first-order chi connectivity index (χ1) is 11.7. The van der Waals surface area contributed by atoms with Crippen LogP contribution in [-0.2, 0) is 4.79 Å². The Morgan fingerprint density at radius 2 is 1.67 bits per heavy atom. The summed E-state index contributed by atoms with van der Waals surface area (Å²) >= 11 is 0. The van der Waals surface area contributed by atoms with Crippen LogP contribution in [0.5, 0.6) is 11.5 Å². The average molecular weight is 326 g/mol. The molecule has 2 aromatic rings. The van der Waals surface area contributed by atoms with E-state index in [4.69, 9.17) is 9.47 Å². The molecule has 0 spiro atoms. The predicted octanol–water partition coefficient (Wildman–Crippen LogP) is 3.31. The average Bonchev–Trinajstić information content (AvgIpc) is 2.60. The van der Waals surface area contributed by atoms with E-state index in [9.17, 15) is 4.79 Å². The zero-order valence-corrected chi connectivity index (χ0v) is 14.0. The molecule has 0 heterocycles. The van der Waals surface area contributed by atoms with E-state index < -0.39 is 0 Å². The van der Waals surface area contributed by atoms with E-state index in [0.29, 0.717) is 12.4 Å². The number of nitrogens with zero attached hydrogens (tertiary/aromatic N) is 1. The molecule has 0 aliphatic rings. The molecular formula is C19H22N2O3. The summed E-state index contributed by atoms with van der Waals surface area (Å²) in [5.74, 6) is 1.17. The lowest BCUT2D eigenvalue weighted by Gasteiger charge is -2.05. The fourth-order valence-electron chi connectivity index (χ4n) is 1.86. The van der Waals surface area contributed by atoms with Gasteiger partial charge in [0.15, 0.2) is 6.61 Å². The summed E-state index contributed by atoms with van der Waals surface area (Å²) in [5, 5.41) is 3.91. The first kappa shape index (κ1) is 17.5. The molecule has 1 N–H and O–H groups in total. The van der Waals surface area contributed by atoms with Crippen molar-refractivity contribution in [2.75, 3.05) is 13.2 Å². The SMILES string of the molecule is CCCOc1ccc(/C=N/NC(=O)COc2ccc(C)cc2)cc1. The van der Waals surface area contributed by atoms with Gasteiger partial charge in [0.2, 0.25) is 0 Å². The highest BCUT2D eigenvalue weighted by atomic mass is 16.5. The van der Waals surface area contributed by atoms with E-state index in [2.05, 4.69) is 17.5 Å². The normalized spacial score (nSPS) is 10.6. The topological polar surface area (TPSA) is 59.9 Å². The van der Waals surface area contributed by atoms with Crippen molar-refractivity contribution >= 4 is 12.1 Å². The fourth-order valence-corrected chi connectivity index (χ4v) is 1.86. The Labute approximate surface area is 142 Å². The molecule has 5 heteroatoms. The molecule has 5 nitrogen and oxygen atoms in total. The van der Waals surface area contributed by atoms with Gasteiger partial charge in [0.05, 0.1) is 12.8 Å². The first-order valence-electron chi connectivity index (χ1n) is 7.91. The quantitative estimate of drug-likeness (QED) is 0.598. The smallest absolute Gasteiger partial charge is 0.277 e. The number of rotatable bonds is 8. The van der Waals surface area contributed by atoms with Crippen molar-refractivity contribution in [2.45, 2.75) is 20.3 Å². The molecule has 0 saturated carbocycles. The highest BCUT2D eigenvalue weighted by Gasteiger charge is 2.01. The van der Waals surface area contributed by atoms with Crippen molar-refractivity contribution in [3.8, 4) is 11.5 Å². The zero-order chi connectivity index (χ0) is 17.2. The Kier molecular flexibility index (Phi) is 6.83. The third kappa shape index (κ3) is 6.12. The largest absolute Gasteiger partial charge is 0.494 e. The maximum atomic E-state index is 11.7. The molecule has 0 aromatic heterocycles. The third-order valence-electron chi connectivity index (χ3n) is 3.15. The highest BCUT2D eigenvalue weighted by molar-refractivity contribution is 5.83. The molecule has 24 heavy (non-hydrogen) atoms. The number of hydrogen-bond donors (Lipinski definition) is 1. The molecule has 0 fully saturated rings. The number of benzene rings is 2. The van der Waals surface area contributed by atoms with Crippen molar-refractivity contribution in [3.63, 3.8) is 0 Å². The molecule has 2 rings (SSSR count). The van der Waals surface area contributed by atoms with Gasteiger partial charge < -0.3 is 9.47 Å². The minimum atomic E-state index is -0.310. The Bertz CT molecular complexity index is 664. The van der Waals surface area contributed by atoms with Crippen molar-refractivity contribution in [2.24, 2.45) is 5.10 Å². The summed E-state index contributed by atoms with van der Waals surface area (Å²) in [7, 11) is 0. The van der Waals surface area contributed by atoms with E-state index in [1.165, 1.54) is 0 Å². The number of ether oxygens (including phenoxy) is 2. The number of aryl methyl sites for hydroxylation is 1. The van der Waals surface area contributed by atoms with Crippen LogP contribution in [0.25, 0.3) is 0 Å². The van der Waals surface area contributed by atoms with Gasteiger partial charge in [-0.15, -0.1) is 0 Å². The van der Waals surface area contributed by atoms with Crippen molar-refractivity contribution in [1.29, 1.82) is 0 Å². The van der Waals surface area contributed by atoms with E-state index in [0.717, 1.165) is 23.3 Å². The van der Waals surface area contributed by atoms with Crippen LogP contribution in [0.3, 0.4) is 0 Å². The molecule has 0 bridgehead atoms. The zero-order valence-electron chi connectivity index (χ0n) is 14.0. The van der Waals surface area contributed by atoms with E-state index >= 15 is 0 Å². The van der Waals surface area contributed by atoms with Crippen LogP contribution in [0.4, 0.5) is 0 Å². The summed E-state index contributed by atoms with van der Waals surface area (Å²) in [4.78, 5) is 11.7. The van der Waals surface area contributed by atoms with Crippen LogP contribution in [0.2, 0.25) is 0 Å². The Morgan fingerprint density at radius 3 is 2.33 bits per heavy atom. The lowest BCUT2D eigenvalue weighted by Crippen LogP contribution is -2.24. The number of amides is 1. The highest BCUT2D eigenvalue weighted by Crippen LogP contribution is 2.12. The van der Waals surface area contributed by atoms with Crippen LogP contribution in [0.1, 0.15) is 24.5 Å². The molecule has 0 atom stereocenters. The fraction of sp³-hybridized carbons (Fsp3) is 0.263. The molecule has 0 aliphatic heterocycles. The molecule has 0 radical (unpaired) electrons. The van der Waals surface area contributed by atoms with Gasteiger partial charge in [-0.25, -0.2) is 5.43 Å². The number of hydrogen-bond acceptors (Lipinski definition) is 4. The van der Waals surface area contributed by atoms with Gasteiger partial charge in [-0.05, 0) is 55.3 Å². The Morgan fingerprint density at radius 1 is 1.04 bits per heavy atom. The summed E-state index contributed by atoms with van der Waals surface area (Å²) in [5.41, 5.74) is 4.45. The van der Waals surface area contributed by atoms with Crippen LogP contribution < -0.4 is 14.9 Å². The van der Waals surface area contributed by atoms with Crippen LogP contribution in [-0.4, -0.2) is 25.3 Å². The molecule has 1 amide bonds. The Balaban J connectivity index is 1.74. The standard InChI is InChI=1S/C19H22N2O3/c1-3-12-23-17-10-6-16(7-11-17)13-20-21-19(22)14-24-18-8-4-15(2)5-9-18/h4-11,13H,3,12,14H2,1-2H3,(H,21,22)/b20-13+. The summed E-state index contributed by atoms with van der Waals surface area (Å²) in [6.07, 6.45) is 2.55. The first-order valence-corrected chi connectivity index (χ1v) is 7.91. The van der Waals surface area contributed by atoms with Crippen molar-refractivity contribution in [3.05, 3.63) is 59.7 Å². The monoisotopic (exact) mass is 326 g/mol. The minimum absolute atomic E-state index is 0.0792. The summed E-state index contributed by atoms with van der Waals surface area (Å²) in [6, 6.07) is 15.0. The van der Waals surface area contributed by atoms with Gasteiger partial charge in [-0.2, -0.15) is 5.10 Å². The lowest BCUT2D eigenvalue weighted by atomic mass is 10.2. The molecule has 0 unspecified atom stereocenters. The number of nitrogens with one attached hydrogen (secondary N) is 1. The van der Waals surface area contributed by atoms with Gasteiger partial charge in [-0.1, -0.05) is 24.6 Å². The lowest BCUT2D eigenvalue weighted by molar-refractivity contribution is -0.123. The number of hydrazone groups is 1. The molecule has 0 saturated heterocycles. The minimum Gasteiger partial charge on any atom is -0.494 e. The van der Waals surface area contributed by atoms with Gasteiger partial charge in [0.1, 0.15) is 11.5 Å². The second-order valence-electron chi connectivity index (χ2n) is 5.31. The maximum absolute atomic E-state index is 11.7. The van der Waals surface area contributed by atoms with Gasteiger partial charge in [0, 0.05) is 0 Å². The predicted molar refractivity (Wildman–Crippen MR) is 94.6 cm³/mol. The molecule has 126 valence electrons. The molecular weight excluding hydrogens is 304 g/mol. The van der Waals surface area contributed by atoms with Crippen LogP contribution in [0.15, 0.2) is 53.6 Å². The van der Waals surface area contributed by atoms with E-state index in [-0.39, 0.29) is 12.5 Å². The number of carbonyl (C=O) groups excluding carboxylic acids is 1. The Hall–Kier alpha value is -2.82. The van der Waals surface area contributed by atoms with Crippen LogP contribution in [0, 0.1) is 6.92 Å². The third-order valence-corrected chi connectivity index (χ3v) is 3.15. The van der Waals surface area contributed by atoms with Crippen molar-refractivity contribution in [1.82, 2.24) is 5.43 Å². The molecule has 0 aliphatic carbocycles. The second-order valence-corrected chi connectivity index (χ2v) is 5.31. The number of carbonyl (C=O) groups is 1. The van der Waals surface area contributed by atoms with Gasteiger partial charge in [-0.3, -0.25) is 4.79 Å². The second kappa shape index (κ2) is 9.35. The van der Waals surface area contributed by atoms with Crippen molar-refractivity contribution < 1.29 is 14.3 Å². The summed E-state index contributed by atoms with van der Waals surface area (Å²) < 4.78 is 10.9. The van der Waals surface area contributed by atoms with E-state index in [1.807, 2.05) is 55.5 Å². The maximum Gasteiger partial charge on any atom is 0.277 e.